The monoisotopic (exact) mass is 551 g/mol. The molecule has 206 valence electrons. The van der Waals surface area contributed by atoms with Crippen LogP contribution in [-0.2, 0) is 36.3 Å². The van der Waals surface area contributed by atoms with Crippen LogP contribution in [0.25, 0.3) is 0 Å². The fourth-order valence-electron chi connectivity index (χ4n) is 3.91. The van der Waals surface area contributed by atoms with Crippen molar-refractivity contribution >= 4 is 25.3 Å². The Morgan fingerprint density at radius 3 is 1.51 bits per heavy atom. The third kappa shape index (κ3) is 8.61. The summed E-state index contributed by atoms with van der Waals surface area (Å²) in [4.78, 5) is 40.5. The third-order valence-corrected chi connectivity index (χ3v) is 8.12. The molecule has 10 heteroatoms. The maximum atomic E-state index is 14.1. The van der Waals surface area contributed by atoms with Crippen LogP contribution in [0.2, 0.25) is 0 Å². The first-order valence-electron chi connectivity index (χ1n) is 12.8. The zero-order valence-corrected chi connectivity index (χ0v) is 22.9. The summed E-state index contributed by atoms with van der Waals surface area (Å²) in [6.45, 7) is 3.41. The SMILES string of the molecule is CCOP(=O)(OCC)C(NC(=O)c1ccccc1)C(C(=O)NCc1ccccc1)C(=O)NCc1ccccc1. The minimum absolute atomic E-state index is 0.0288. The first kappa shape index (κ1) is 29.8. The van der Waals surface area contributed by atoms with Gasteiger partial charge in [-0.2, -0.15) is 0 Å². The molecule has 0 fully saturated rings. The molecule has 0 spiro atoms. The number of carbonyl (C=O) groups excluding carboxylic acids is 3. The van der Waals surface area contributed by atoms with E-state index >= 15 is 0 Å². The Morgan fingerprint density at radius 1 is 0.692 bits per heavy atom. The lowest BCUT2D eigenvalue weighted by Gasteiger charge is -2.32. The summed E-state index contributed by atoms with van der Waals surface area (Å²) in [5.41, 5.74) is 1.86. The van der Waals surface area contributed by atoms with Gasteiger partial charge in [0.05, 0.1) is 13.2 Å². The number of nitrogens with one attached hydrogen (secondary N) is 3. The highest BCUT2D eigenvalue weighted by Gasteiger charge is 2.49. The Bertz CT molecular complexity index is 1190. The summed E-state index contributed by atoms with van der Waals surface area (Å²) in [5, 5.41) is 8.12. The average molecular weight is 552 g/mol. The molecule has 3 aromatic carbocycles. The number of hydrogen-bond acceptors (Lipinski definition) is 6. The van der Waals surface area contributed by atoms with Crippen LogP contribution in [0.3, 0.4) is 0 Å². The molecule has 39 heavy (non-hydrogen) atoms. The zero-order valence-electron chi connectivity index (χ0n) is 22.0. The predicted octanol–water partition coefficient (Wildman–Crippen LogP) is 4.26. The first-order valence-corrected chi connectivity index (χ1v) is 14.4. The van der Waals surface area contributed by atoms with Gasteiger partial charge < -0.3 is 25.0 Å². The van der Waals surface area contributed by atoms with Gasteiger partial charge >= 0.3 is 7.60 Å². The summed E-state index contributed by atoms with van der Waals surface area (Å²) in [5.74, 6) is -5.33. The van der Waals surface area contributed by atoms with E-state index < -0.39 is 37.0 Å². The molecular formula is C29H34N3O6P. The van der Waals surface area contributed by atoms with E-state index in [2.05, 4.69) is 16.0 Å². The lowest BCUT2D eigenvalue weighted by atomic mass is 10.1. The van der Waals surface area contributed by atoms with Crippen molar-refractivity contribution < 1.29 is 28.0 Å². The molecule has 3 aromatic rings. The molecule has 0 radical (unpaired) electrons. The molecule has 0 aliphatic carbocycles. The van der Waals surface area contributed by atoms with Gasteiger partial charge in [-0.25, -0.2) is 0 Å². The van der Waals surface area contributed by atoms with Gasteiger partial charge in [0.1, 0.15) is 5.92 Å². The van der Waals surface area contributed by atoms with Crippen LogP contribution in [0.15, 0.2) is 91.0 Å². The number of rotatable bonds is 14. The van der Waals surface area contributed by atoms with Gasteiger partial charge in [0.2, 0.25) is 11.8 Å². The van der Waals surface area contributed by atoms with Crippen LogP contribution in [0.1, 0.15) is 35.3 Å². The van der Waals surface area contributed by atoms with Crippen molar-refractivity contribution in [3.05, 3.63) is 108 Å². The Hall–Kier alpha value is -3.78. The van der Waals surface area contributed by atoms with E-state index in [4.69, 9.17) is 9.05 Å². The predicted molar refractivity (Wildman–Crippen MR) is 149 cm³/mol. The molecule has 3 N–H and O–H groups in total. The van der Waals surface area contributed by atoms with Gasteiger partial charge in [0, 0.05) is 18.7 Å². The number of carbonyl (C=O) groups is 3. The Morgan fingerprint density at radius 2 is 1.10 bits per heavy atom. The molecule has 1 atom stereocenters. The van der Waals surface area contributed by atoms with Crippen molar-refractivity contribution in [2.24, 2.45) is 5.92 Å². The van der Waals surface area contributed by atoms with Crippen LogP contribution < -0.4 is 16.0 Å². The summed E-state index contributed by atoms with van der Waals surface area (Å²) in [6.07, 6.45) is 0. The van der Waals surface area contributed by atoms with Gasteiger partial charge in [-0.3, -0.25) is 18.9 Å². The van der Waals surface area contributed by atoms with Crippen LogP contribution in [-0.4, -0.2) is 36.7 Å². The van der Waals surface area contributed by atoms with E-state index in [0.29, 0.717) is 0 Å². The molecule has 9 nitrogen and oxygen atoms in total. The molecule has 0 aliphatic heterocycles. The van der Waals surface area contributed by atoms with Crippen LogP contribution in [0, 0.1) is 5.92 Å². The Balaban J connectivity index is 1.98. The highest BCUT2D eigenvalue weighted by atomic mass is 31.2. The minimum atomic E-state index is -4.21. The normalized spacial score (nSPS) is 12.0. The van der Waals surface area contributed by atoms with Crippen molar-refractivity contribution in [1.29, 1.82) is 0 Å². The molecule has 3 rings (SSSR count). The summed E-state index contributed by atoms with van der Waals surface area (Å²) in [7, 11) is -4.21. The van der Waals surface area contributed by atoms with Crippen LogP contribution in [0.4, 0.5) is 0 Å². The number of amides is 3. The van der Waals surface area contributed by atoms with E-state index in [1.807, 2.05) is 60.7 Å². The van der Waals surface area contributed by atoms with E-state index in [1.54, 1.807) is 44.2 Å². The van der Waals surface area contributed by atoms with Crippen molar-refractivity contribution in [2.75, 3.05) is 13.2 Å². The smallest absolute Gasteiger partial charge is 0.351 e. The van der Waals surface area contributed by atoms with Gasteiger partial charge in [-0.1, -0.05) is 78.9 Å². The molecule has 0 aliphatic rings. The van der Waals surface area contributed by atoms with Gasteiger partial charge in [0.25, 0.3) is 5.91 Å². The fourth-order valence-corrected chi connectivity index (χ4v) is 5.93. The lowest BCUT2D eigenvalue weighted by molar-refractivity contribution is -0.136. The minimum Gasteiger partial charge on any atom is -0.351 e. The maximum absolute atomic E-state index is 14.1. The van der Waals surface area contributed by atoms with E-state index in [9.17, 15) is 18.9 Å². The number of benzene rings is 3. The molecule has 0 saturated heterocycles. The fraction of sp³-hybridized carbons (Fsp3) is 0.276. The molecule has 1 unspecified atom stereocenters. The van der Waals surface area contributed by atoms with Gasteiger partial charge in [-0.05, 0) is 37.1 Å². The largest absolute Gasteiger partial charge is 0.354 e. The van der Waals surface area contributed by atoms with Crippen molar-refractivity contribution in [2.45, 2.75) is 32.7 Å². The van der Waals surface area contributed by atoms with E-state index in [0.717, 1.165) is 11.1 Å². The second-order valence-electron chi connectivity index (χ2n) is 8.54. The second kappa shape index (κ2) is 15.0. The van der Waals surface area contributed by atoms with Crippen LogP contribution >= 0.6 is 7.60 Å². The quantitative estimate of drug-likeness (QED) is 0.203. The van der Waals surface area contributed by atoms with Crippen molar-refractivity contribution in [1.82, 2.24) is 16.0 Å². The highest BCUT2D eigenvalue weighted by molar-refractivity contribution is 7.54. The van der Waals surface area contributed by atoms with E-state index in [1.165, 1.54) is 0 Å². The zero-order chi connectivity index (χ0) is 28.1. The highest BCUT2D eigenvalue weighted by Crippen LogP contribution is 2.54. The second-order valence-corrected chi connectivity index (χ2v) is 10.7. The maximum Gasteiger partial charge on any atom is 0.354 e. The van der Waals surface area contributed by atoms with Crippen molar-refractivity contribution in [3.63, 3.8) is 0 Å². The Labute approximate surface area is 228 Å². The van der Waals surface area contributed by atoms with Gasteiger partial charge in [0.15, 0.2) is 5.78 Å². The standard InChI is InChI=1S/C29H34N3O6P/c1-3-37-39(36,38-4-2)29(32-26(33)24-18-12-7-13-19-24)25(27(34)30-20-22-14-8-5-9-15-22)28(35)31-21-23-16-10-6-11-17-23/h5-19,25,29H,3-4,20-21H2,1-2H3,(H,30,34)(H,31,35)(H,32,33). The third-order valence-electron chi connectivity index (χ3n) is 5.77. The molecule has 0 aromatic heterocycles. The lowest BCUT2D eigenvalue weighted by Crippen LogP contribution is -2.53. The summed E-state index contributed by atoms with van der Waals surface area (Å²) < 4.78 is 25.1. The summed E-state index contributed by atoms with van der Waals surface area (Å²) >= 11 is 0. The van der Waals surface area contributed by atoms with Crippen molar-refractivity contribution in [3.8, 4) is 0 Å². The number of hydrogen-bond donors (Lipinski definition) is 3. The van der Waals surface area contributed by atoms with Gasteiger partial charge in [-0.15, -0.1) is 0 Å². The first-order chi connectivity index (χ1) is 18.9. The van der Waals surface area contributed by atoms with Crippen LogP contribution in [0.5, 0.6) is 0 Å². The van der Waals surface area contributed by atoms with E-state index in [-0.39, 0.29) is 31.9 Å². The summed E-state index contributed by atoms with van der Waals surface area (Å²) in [6, 6.07) is 26.5. The topological polar surface area (TPSA) is 123 Å². The molecule has 0 bridgehead atoms. The molecular weight excluding hydrogens is 517 g/mol. The Kier molecular flexibility index (Phi) is 11.4. The molecule has 3 amide bonds. The molecule has 0 heterocycles. The average Bonchev–Trinajstić information content (AvgIpc) is 2.96. The molecule has 0 saturated carbocycles.